The summed E-state index contributed by atoms with van der Waals surface area (Å²) in [6.45, 7) is 3.34. The van der Waals surface area contributed by atoms with Crippen molar-refractivity contribution in [2.75, 3.05) is 6.54 Å². The quantitative estimate of drug-likeness (QED) is 0.252. The van der Waals surface area contributed by atoms with Crippen molar-refractivity contribution in [1.29, 1.82) is 0 Å². The first kappa shape index (κ1) is 25.9. The standard InChI is InChI=1S/C16H11F6N4O2.C2H6.CH3/c17-10-6-12(19)11(18)4-8(10)3-9(27)5-14(28)25-1-2-26-13(7-25)23-24-15(26)16(20,21)22;1-2;/h4,6,27H,1-3,7H2;1-2H3;1H3/q-1;;+1. The Morgan fingerprint density at radius 2 is 1.71 bits per heavy atom. The molecule has 12 heteroatoms. The van der Waals surface area contributed by atoms with Gasteiger partial charge in [-0.15, -0.1) is 10.2 Å². The fourth-order valence-corrected chi connectivity index (χ4v) is 2.67. The van der Waals surface area contributed by atoms with Crippen molar-refractivity contribution in [1.82, 2.24) is 19.7 Å². The summed E-state index contributed by atoms with van der Waals surface area (Å²) in [6.07, 6.45) is -3.29. The lowest BCUT2D eigenvalue weighted by Crippen LogP contribution is -2.38. The number of amides is 1. The molecule has 0 unspecified atom stereocenters. The van der Waals surface area contributed by atoms with Crippen LogP contribution in [-0.2, 0) is 30.5 Å². The lowest BCUT2D eigenvalue weighted by Gasteiger charge is -2.31. The van der Waals surface area contributed by atoms with E-state index in [2.05, 4.69) is 10.2 Å². The molecule has 2 aromatic rings. The number of alkyl halides is 3. The molecule has 2 heterocycles. The Labute approximate surface area is 174 Å². The maximum atomic E-state index is 13.6. The van der Waals surface area contributed by atoms with E-state index in [0.29, 0.717) is 12.1 Å². The summed E-state index contributed by atoms with van der Waals surface area (Å²) in [5.74, 6) is -6.76. The molecule has 3 rings (SSSR count). The summed E-state index contributed by atoms with van der Waals surface area (Å²) < 4.78 is 78.9. The SMILES string of the molecule is CC.O=C([C-]=C(O)Cc1cc(F)c(F)cc1F)N1CCn2c(nnc2C(F)(F)F)C1.[CH3+]. The van der Waals surface area contributed by atoms with Gasteiger partial charge in [0.1, 0.15) is 5.82 Å². The van der Waals surface area contributed by atoms with Crippen LogP contribution >= 0.6 is 0 Å². The van der Waals surface area contributed by atoms with Gasteiger partial charge in [0.25, 0.3) is 0 Å². The average molecular weight is 450 g/mol. The zero-order chi connectivity index (χ0) is 22.6. The molecule has 1 aliphatic rings. The third-order valence-electron chi connectivity index (χ3n) is 3.99. The van der Waals surface area contributed by atoms with Crippen LogP contribution in [-0.4, -0.2) is 37.2 Å². The number of aromatic nitrogens is 3. The first-order valence-electron chi connectivity index (χ1n) is 8.79. The number of fused-ring (bicyclic) bond motifs is 1. The molecule has 1 N–H and O–H groups in total. The van der Waals surface area contributed by atoms with E-state index in [0.717, 1.165) is 9.47 Å². The van der Waals surface area contributed by atoms with Crippen LogP contribution in [0.2, 0.25) is 0 Å². The lowest BCUT2D eigenvalue weighted by atomic mass is 10.1. The zero-order valence-corrected chi connectivity index (χ0v) is 16.9. The van der Waals surface area contributed by atoms with Crippen LogP contribution in [0.1, 0.15) is 31.1 Å². The molecule has 0 bridgehead atoms. The average Bonchev–Trinajstić information content (AvgIpc) is 3.11. The van der Waals surface area contributed by atoms with Gasteiger partial charge < -0.3 is 25.4 Å². The number of benzene rings is 1. The van der Waals surface area contributed by atoms with Crippen molar-refractivity contribution in [2.45, 2.75) is 39.5 Å². The second-order valence-corrected chi connectivity index (χ2v) is 5.92. The molecule has 0 spiro atoms. The fraction of sp³-hybridized carbons (Fsp3) is 0.368. The molecular weight excluding hydrogens is 430 g/mol. The number of carbonyl (C=O) groups excluding carboxylic acids is 1. The molecule has 170 valence electrons. The van der Waals surface area contributed by atoms with Gasteiger partial charge in [-0.1, -0.05) is 19.6 Å². The van der Waals surface area contributed by atoms with Gasteiger partial charge in [0.15, 0.2) is 17.5 Å². The van der Waals surface area contributed by atoms with E-state index in [-0.39, 0.29) is 32.9 Å². The number of hydrogen-bond acceptors (Lipinski definition) is 4. The fourth-order valence-electron chi connectivity index (χ4n) is 2.67. The third-order valence-corrected chi connectivity index (χ3v) is 3.99. The number of carbonyl (C=O) groups is 1. The number of nitrogens with zero attached hydrogens (tertiary/aromatic N) is 4. The predicted octanol–water partition coefficient (Wildman–Crippen LogP) is 4.02. The summed E-state index contributed by atoms with van der Waals surface area (Å²) in [5.41, 5.74) is -0.398. The highest BCUT2D eigenvalue weighted by atomic mass is 19.4. The summed E-state index contributed by atoms with van der Waals surface area (Å²) in [7, 11) is 0. The number of halogens is 6. The summed E-state index contributed by atoms with van der Waals surface area (Å²) in [6, 6.07) is 0.838. The van der Waals surface area contributed by atoms with Crippen LogP contribution in [0.3, 0.4) is 0 Å². The number of hydrogen-bond donors (Lipinski definition) is 1. The van der Waals surface area contributed by atoms with Crippen LogP contribution in [0.4, 0.5) is 26.3 Å². The van der Waals surface area contributed by atoms with Gasteiger partial charge in [0.05, 0.1) is 12.5 Å². The number of rotatable bonds is 3. The first-order chi connectivity index (χ1) is 14.1. The van der Waals surface area contributed by atoms with Crippen LogP contribution in [0.15, 0.2) is 17.9 Å². The zero-order valence-electron chi connectivity index (χ0n) is 16.9. The number of allylic oxidation sites excluding steroid dienone is 1. The summed E-state index contributed by atoms with van der Waals surface area (Å²) >= 11 is 0. The van der Waals surface area contributed by atoms with E-state index in [4.69, 9.17) is 0 Å². The third kappa shape index (κ3) is 5.92. The highest BCUT2D eigenvalue weighted by Gasteiger charge is 2.39. The Bertz CT molecular complexity index is 956. The highest BCUT2D eigenvalue weighted by Crippen LogP contribution is 2.29. The molecule has 0 fully saturated rings. The van der Waals surface area contributed by atoms with E-state index >= 15 is 0 Å². The Morgan fingerprint density at radius 1 is 1.10 bits per heavy atom. The van der Waals surface area contributed by atoms with Gasteiger partial charge in [-0.05, 0) is 18.1 Å². The molecule has 31 heavy (non-hydrogen) atoms. The molecule has 0 saturated heterocycles. The van der Waals surface area contributed by atoms with E-state index in [1.54, 1.807) is 0 Å². The van der Waals surface area contributed by atoms with E-state index in [9.17, 15) is 36.2 Å². The van der Waals surface area contributed by atoms with Gasteiger partial charge in [-0.3, -0.25) is 0 Å². The molecule has 0 aliphatic carbocycles. The topological polar surface area (TPSA) is 71.2 Å². The van der Waals surface area contributed by atoms with Crippen molar-refractivity contribution in [2.24, 2.45) is 0 Å². The Hall–Kier alpha value is -3.18. The van der Waals surface area contributed by atoms with Crippen molar-refractivity contribution >= 4 is 5.91 Å². The summed E-state index contributed by atoms with van der Waals surface area (Å²) in [4.78, 5) is 13.2. The monoisotopic (exact) mass is 450 g/mol. The molecule has 6 nitrogen and oxygen atoms in total. The maximum absolute atomic E-state index is 13.6. The predicted molar refractivity (Wildman–Crippen MR) is 97.6 cm³/mol. The second-order valence-electron chi connectivity index (χ2n) is 5.92. The largest absolute Gasteiger partial charge is 0.548 e. The van der Waals surface area contributed by atoms with Crippen molar-refractivity contribution < 1.29 is 36.2 Å². The number of aliphatic hydroxyl groups excluding tert-OH is 1. The summed E-state index contributed by atoms with van der Waals surface area (Å²) in [5, 5.41) is 16.3. The molecule has 0 saturated carbocycles. The Balaban J connectivity index is 0.00000156. The maximum Gasteiger partial charge on any atom is 0.451 e. The smallest absolute Gasteiger partial charge is 0.451 e. The van der Waals surface area contributed by atoms with Crippen molar-refractivity contribution in [3.05, 3.63) is 66.1 Å². The van der Waals surface area contributed by atoms with Crippen molar-refractivity contribution in [3.63, 3.8) is 0 Å². The first-order valence-corrected chi connectivity index (χ1v) is 8.79. The Kier molecular flexibility index (Phi) is 8.53. The minimum absolute atomic E-state index is 0. The van der Waals surface area contributed by atoms with Gasteiger partial charge in [-0.2, -0.15) is 13.2 Å². The second kappa shape index (κ2) is 10.2. The van der Waals surface area contributed by atoms with Gasteiger partial charge in [0.2, 0.25) is 5.82 Å². The van der Waals surface area contributed by atoms with E-state index in [1.165, 1.54) is 0 Å². The van der Waals surface area contributed by atoms with Gasteiger partial charge in [0, 0.05) is 26.6 Å². The normalized spacial score (nSPS) is 13.7. The van der Waals surface area contributed by atoms with Crippen LogP contribution in [0.5, 0.6) is 0 Å². The minimum atomic E-state index is -4.68. The van der Waals surface area contributed by atoms with Crippen LogP contribution in [0.25, 0.3) is 0 Å². The van der Waals surface area contributed by atoms with E-state index < -0.39 is 53.1 Å². The molecule has 0 radical (unpaired) electrons. The van der Waals surface area contributed by atoms with Crippen LogP contribution in [0, 0.1) is 31.0 Å². The highest BCUT2D eigenvalue weighted by molar-refractivity contribution is 5.84. The molecule has 1 amide bonds. The molecule has 0 atom stereocenters. The molecule has 1 aromatic heterocycles. The van der Waals surface area contributed by atoms with E-state index in [1.807, 2.05) is 19.9 Å². The number of aliphatic hydroxyl groups is 1. The Morgan fingerprint density at radius 3 is 2.32 bits per heavy atom. The van der Waals surface area contributed by atoms with Crippen molar-refractivity contribution in [3.8, 4) is 0 Å². The molecule has 1 aromatic carbocycles. The minimum Gasteiger partial charge on any atom is -0.548 e. The van der Waals surface area contributed by atoms with Gasteiger partial charge >= 0.3 is 6.18 Å². The van der Waals surface area contributed by atoms with Crippen LogP contribution < -0.4 is 0 Å². The molecular formula is C19H20F6N4O2. The van der Waals surface area contributed by atoms with Gasteiger partial charge in [-0.25, -0.2) is 13.2 Å². The lowest BCUT2D eigenvalue weighted by molar-refractivity contribution is -0.148. The molecule has 1 aliphatic heterocycles.